The minimum Gasteiger partial charge on any atom is -0.497 e. The molecule has 1 aromatic heterocycles. The molecule has 1 N–H and O–H groups in total. The van der Waals surface area contributed by atoms with Gasteiger partial charge in [-0.25, -0.2) is 4.98 Å². The number of carbonyl (C=O) groups is 1. The predicted molar refractivity (Wildman–Crippen MR) is 82.7 cm³/mol. The van der Waals surface area contributed by atoms with Gasteiger partial charge in [0.15, 0.2) is 0 Å². The first kappa shape index (κ1) is 15.6. The van der Waals surface area contributed by atoms with Crippen LogP contribution in [0.25, 0.3) is 0 Å². The van der Waals surface area contributed by atoms with Crippen LogP contribution in [0.5, 0.6) is 5.75 Å². The third-order valence-electron chi connectivity index (χ3n) is 3.80. The Bertz CT molecular complexity index is 472. The SMILES string of the molecule is CNCC(C)C(=O)N1CCN(c2cc(OC)ccn2)CC1. The Balaban J connectivity index is 1.92. The summed E-state index contributed by atoms with van der Waals surface area (Å²) in [4.78, 5) is 20.8. The van der Waals surface area contributed by atoms with Gasteiger partial charge in [-0.15, -0.1) is 0 Å². The number of nitrogens with zero attached hydrogens (tertiary/aromatic N) is 3. The Hall–Kier alpha value is -1.82. The Morgan fingerprint density at radius 2 is 2.14 bits per heavy atom. The molecule has 1 amide bonds. The maximum atomic E-state index is 12.3. The Kier molecular flexibility index (Phi) is 5.38. The van der Waals surface area contributed by atoms with E-state index in [0.29, 0.717) is 0 Å². The molecule has 0 saturated carbocycles. The molecule has 1 atom stereocenters. The molecule has 0 aliphatic carbocycles. The second kappa shape index (κ2) is 7.26. The zero-order chi connectivity index (χ0) is 15.2. The van der Waals surface area contributed by atoms with Gasteiger partial charge in [0, 0.05) is 50.9 Å². The second-order valence-corrected chi connectivity index (χ2v) is 5.32. The maximum absolute atomic E-state index is 12.3. The Morgan fingerprint density at radius 3 is 2.76 bits per heavy atom. The summed E-state index contributed by atoms with van der Waals surface area (Å²) in [5.74, 6) is 1.96. The number of piperazine rings is 1. The van der Waals surface area contributed by atoms with Crippen LogP contribution in [0.4, 0.5) is 5.82 Å². The molecule has 1 saturated heterocycles. The molecule has 116 valence electrons. The lowest BCUT2D eigenvalue weighted by Crippen LogP contribution is -2.51. The van der Waals surface area contributed by atoms with E-state index >= 15 is 0 Å². The molecule has 1 aliphatic heterocycles. The Morgan fingerprint density at radius 1 is 1.43 bits per heavy atom. The van der Waals surface area contributed by atoms with Crippen molar-refractivity contribution in [2.45, 2.75) is 6.92 Å². The average molecular weight is 292 g/mol. The van der Waals surface area contributed by atoms with E-state index in [2.05, 4.69) is 15.2 Å². The van der Waals surface area contributed by atoms with Crippen molar-refractivity contribution in [3.8, 4) is 5.75 Å². The summed E-state index contributed by atoms with van der Waals surface area (Å²) < 4.78 is 5.23. The summed E-state index contributed by atoms with van der Waals surface area (Å²) >= 11 is 0. The van der Waals surface area contributed by atoms with Gasteiger partial charge in [0.1, 0.15) is 11.6 Å². The van der Waals surface area contributed by atoms with Crippen LogP contribution in [0.15, 0.2) is 18.3 Å². The van der Waals surface area contributed by atoms with Gasteiger partial charge in [-0.3, -0.25) is 4.79 Å². The number of aromatic nitrogens is 1. The van der Waals surface area contributed by atoms with Crippen LogP contribution in [0.1, 0.15) is 6.92 Å². The first-order chi connectivity index (χ1) is 10.2. The molecule has 0 radical (unpaired) electrons. The lowest BCUT2D eigenvalue weighted by Gasteiger charge is -2.36. The van der Waals surface area contributed by atoms with Gasteiger partial charge in [0.2, 0.25) is 5.91 Å². The van der Waals surface area contributed by atoms with E-state index in [-0.39, 0.29) is 11.8 Å². The number of methoxy groups -OCH3 is 1. The zero-order valence-electron chi connectivity index (χ0n) is 13.0. The fourth-order valence-corrected chi connectivity index (χ4v) is 2.56. The van der Waals surface area contributed by atoms with Crippen LogP contribution in [-0.4, -0.2) is 62.7 Å². The number of anilines is 1. The molecule has 0 bridgehead atoms. The monoisotopic (exact) mass is 292 g/mol. The number of ether oxygens (including phenoxy) is 1. The van der Waals surface area contributed by atoms with E-state index in [4.69, 9.17) is 4.74 Å². The van der Waals surface area contributed by atoms with Gasteiger partial charge >= 0.3 is 0 Å². The summed E-state index contributed by atoms with van der Waals surface area (Å²) in [6.45, 7) is 5.78. The second-order valence-electron chi connectivity index (χ2n) is 5.32. The van der Waals surface area contributed by atoms with Gasteiger partial charge in [0.25, 0.3) is 0 Å². The fourth-order valence-electron chi connectivity index (χ4n) is 2.56. The number of amides is 1. The summed E-state index contributed by atoms with van der Waals surface area (Å²) in [6.07, 6.45) is 1.75. The highest BCUT2D eigenvalue weighted by molar-refractivity contribution is 5.79. The van der Waals surface area contributed by atoms with Crippen LogP contribution >= 0.6 is 0 Å². The van der Waals surface area contributed by atoms with Crippen LogP contribution in [0.3, 0.4) is 0 Å². The minimum absolute atomic E-state index is 0.0245. The highest BCUT2D eigenvalue weighted by Crippen LogP contribution is 2.19. The molecule has 1 aromatic rings. The van der Waals surface area contributed by atoms with Crippen molar-refractivity contribution in [3.63, 3.8) is 0 Å². The molecule has 6 nitrogen and oxygen atoms in total. The summed E-state index contributed by atoms with van der Waals surface area (Å²) in [5.41, 5.74) is 0. The summed E-state index contributed by atoms with van der Waals surface area (Å²) in [7, 11) is 3.52. The van der Waals surface area contributed by atoms with Gasteiger partial charge < -0.3 is 19.9 Å². The van der Waals surface area contributed by atoms with Gasteiger partial charge in [-0.1, -0.05) is 6.92 Å². The first-order valence-corrected chi connectivity index (χ1v) is 7.34. The normalized spacial score (nSPS) is 16.7. The number of nitrogens with one attached hydrogen (secondary N) is 1. The number of carbonyl (C=O) groups excluding carboxylic acids is 1. The quantitative estimate of drug-likeness (QED) is 0.861. The van der Waals surface area contributed by atoms with Gasteiger partial charge in [-0.2, -0.15) is 0 Å². The minimum atomic E-state index is 0.0245. The fraction of sp³-hybridized carbons (Fsp3) is 0.600. The number of pyridine rings is 1. The van der Waals surface area contributed by atoms with Crippen molar-refractivity contribution in [2.24, 2.45) is 5.92 Å². The largest absolute Gasteiger partial charge is 0.497 e. The summed E-state index contributed by atoms with van der Waals surface area (Å²) in [5, 5.41) is 3.05. The van der Waals surface area contributed by atoms with Crippen molar-refractivity contribution in [1.82, 2.24) is 15.2 Å². The standard InChI is InChI=1S/C15H24N4O2/c1-12(11-16-2)15(20)19-8-6-18(7-9-19)14-10-13(21-3)4-5-17-14/h4-5,10,12,16H,6-9,11H2,1-3H3. The number of hydrogen-bond donors (Lipinski definition) is 1. The zero-order valence-corrected chi connectivity index (χ0v) is 13.0. The number of rotatable bonds is 5. The van der Waals surface area contributed by atoms with Gasteiger partial charge in [-0.05, 0) is 13.1 Å². The van der Waals surface area contributed by atoms with Crippen LogP contribution in [0, 0.1) is 5.92 Å². The third-order valence-corrected chi connectivity index (χ3v) is 3.80. The smallest absolute Gasteiger partial charge is 0.226 e. The van der Waals surface area contributed by atoms with E-state index in [9.17, 15) is 4.79 Å². The summed E-state index contributed by atoms with van der Waals surface area (Å²) in [6, 6.07) is 3.77. The molecule has 2 heterocycles. The van der Waals surface area contributed by atoms with Crippen LogP contribution in [0.2, 0.25) is 0 Å². The molecule has 1 aliphatic rings. The lowest BCUT2D eigenvalue weighted by atomic mass is 10.1. The van der Waals surface area contributed by atoms with Crippen LogP contribution in [-0.2, 0) is 4.79 Å². The van der Waals surface area contributed by atoms with Crippen LogP contribution < -0.4 is 15.0 Å². The van der Waals surface area contributed by atoms with Gasteiger partial charge in [0.05, 0.1) is 7.11 Å². The van der Waals surface area contributed by atoms with Crippen molar-refractivity contribution < 1.29 is 9.53 Å². The molecule has 2 rings (SSSR count). The van der Waals surface area contributed by atoms with Crippen molar-refractivity contribution in [3.05, 3.63) is 18.3 Å². The predicted octanol–water partition coefficient (Wildman–Crippen LogP) is 0.594. The molecular formula is C15H24N4O2. The van der Waals surface area contributed by atoms with E-state index in [1.54, 1.807) is 13.3 Å². The lowest BCUT2D eigenvalue weighted by molar-refractivity contribution is -0.135. The van der Waals surface area contributed by atoms with E-state index < -0.39 is 0 Å². The first-order valence-electron chi connectivity index (χ1n) is 7.34. The van der Waals surface area contributed by atoms with Crippen molar-refractivity contribution in [2.75, 3.05) is 51.8 Å². The van der Waals surface area contributed by atoms with E-state index in [1.165, 1.54) is 0 Å². The highest BCUT2D eigenvalue weighted by Gasteiger charge is 2.25. The molecule has 1 unspecified atom stereocenters. The molecule has 1 fully saturated rings. The maximum Gasteiger partial charge on any atom is 0.226 e. The topological polar surface area (TPSA) is 57.7 Å². The molecular weight excluding hydrogens is 268 g/mol. The highest BCUT2D eigenvalue weighted by atomic mass is 16.5. The van der Waals surface area contributed by atoms with E-state index in [1.807, 2.05) is 31.0 Å². The molecule has 21 heavy (non-hydrogen) atoms. The van der Waals surface area contributed by atoms with Crippen molar-refractivity contribution in [1.29, 1.82) is 0 Å². The number of hydrogen-bond acceptors (Lipinski definition) is 5. The van der Waals surface area contributed by atoms with Crippen molar-refractivity contribution >= 4 is 11.7 Å². The Labute approximate surface area is 126 Å². The average Bonchev–Trinajstić information content (AvgIpc) is 2.54. The third kappa shape index (κ3) is 3.85. The molecule has 0 aromatic carbocycles. The molecule has 0 spiro atoms. The van der Waals surface area contributed by atoms with E-state index in [0.717, 1.165) is 44.3 Å². The molecule has 6 heteroatoms.